The number of hydrogen-bond acceptors (Lipinski definition) is 3. The molecule has 21 heavy (non-hydrogen) atoms. The van der Waals surface area contributed by atoms with E-state index in [0.717, 1.165) is 25.7 Å². The zero-order valence-corrected chi connectivity index (χ0v) is 12.4. The van der Waals surface area contributed by atoms with Crippen LogP contribution in [0.25, 0.3) is 0 Å². The predicted molar refractivity (Wildman–Crippen MR) is 81.9 cm³/mol. The van der Waals surface area contributed by atoms with E-state index >= 15 is 0 Å². The molecule has 114 valence electrons. The molecule has 1 saturated carbocycles. The second-order valence-corrected chi connectivity index (χ2v) is 5.60. The lowest BCUT2D eigenvalue weighted by Crippen LogP contribution is -2.44. The minimum atomic E-state index is -0.517. The van der Waals surface area contributed by atoms with Crippen molar-refractivity contribution in [3.05, 3.63) is 35.4 Å². The van der Waals surface area contributed by atoms with E-state index in [1.165, 1.54) is 0 Å². The van der Waals surface area contributed by atoms with Crippen molar-refractivity contribution in [2.45, 2.75) is 44.7 Å². The van der Waals surface area contributed by atoms with Gasteiger partial charge in [0.25, 0.3) is 5.91 Å². The topological polar surface area (TPSA) is 89.4 Å². The van der Waals surface area contributed by atoms with Crippen LogP contribution in [-0.2, 0) is 0 Å². The molecule has 2 amide bonds. The molecule has 0 saturated heterocycles. The van der Waals surface area contributed by atoms with Crippen LogP contribution in [0.15, 0.2) is 24.3 Å². The summed E-state index contributed by atoms with van der Waals surface area (Å²) in [6.07, 6.45) is 3.79. The van der Waals surface area contributed by atoms with Gasteiger partial charge in [-0.1, -0.05) is 6.07 Å². The van der Waals surface area contributed by atoms with Crippen LogP contribution < -0.4 is 11.5 Å². The molecule has 0 heterocycles. The average molecular weight is 289 g/mol. The van der Waals surface area contributed by atoms with Crippen molar-refractivity contribution in [1.82, 2.24) is 4.90 Å². The Morgan fingerprint density at radius 1 is 1.19 bits per heavy atom. The summed E-state index contributed by atoms with van der Waals surface area (Å²) in [5.74, 6) is -0.558. The van der Waals surface area contributed by atoms with Crippen LogP contribution >= 0.6 is 0 Å². The fourth-order valence-corrected chi connectivity index (χ4v) is 2.95. The molecule has 1 aromatic carbocycles. The van der Waals surface area contributed by atoms with E-state index in [0.29, 0.717) is 17.7 Å². The summed E-state index contributed by atoms with van der Waals surface area (Å²) >= 11 is 0. The Morgan fingerprint density at radius 2 is 1.81 bits per heavy atom. The van der Waals surface area contributed by atoms with Crippen LogP contribution in [0.3, 0.4) is 0 Å². The number of primary amides is 1. The number of rotatable bonds is 4. The molecule has 0 aliphatic heterocycles. The highest BCUT2D eigenvalue weighted by Gasteiger charge is 2.27. The number of hydrogen-bond donors (Lipinski definition) is 2. The van der Waals surface area contributed by atoms with E-state index in [9.17, 15) is 9.59 Å². The zero-order valence-electron chi connectivity index (χ0n) is 12.4. The minimum Gasteiger partial charge on any atom is -0.366 e. The normalized spacial score (nSPS) is 21.8. The van der Waals surface area contributed by atoms with Crippen LogP contribution in [0.5, 0.6) is 0 Å². The fraction of sp³-hybridized carbons (Fsp3) is 0.500. The van der Waals surface area contributed by atoms with Crippen molar-refractivity contribution < 1.29 is 9.59 Å². The molecule has 2 rings (SSSR count). The summed E-state index contributed by atoms with van der Waals surface area (Å²) in [6, 6.07) is 7.11. The molecule has 5 nitrogen and oxygen atoms in total. The lowest BCUT2D eigenvalue weighted by molar-refractivity contribution is 0.0640. The van der Waals surface area contributed by atoms with Crippen LogP contribution in [0.2, 0.25) is 0 Å². The Morgan fingerprint density at radius 3 is 2.38 bits per heavy atom. The first-order valence-corrected chi connectivity index (χ1v) is 7.49. The van der Waals surface area contributed by atoms with Gasteiger partial charge in [0.15, 0.2) is 0 Å². The van der Waals surface area contributed by atoms with E-state index in [2.05, 4.69) is 0 Å². The number of benzene rings is 1. The van der Waals surface area contributed by atoms with E-state index in [1.807, 2.05) is 11.8 Å². The highest BCUT2D eigenvalue weighted by molar-refractivity contribution is 5.99. The van der Waals surface area contributed by atoms with Crippen molar-refractivity contribution in [3.8, 4) is 0 Å². The van der Waals surface area contributed by atoms with Crippen LogP contribution in [0.4, 0.5) is 0 Å². The molecule has 1 fully saturated rings. The Kier molecular flexibility index (Phi) is 4.96. The number of carbonyl (C=O) groups is 2. The summed E-state index contributed by atoms with van der Waals surface area (Å²) in [5, 5.41) is 0. The Labute approximate surface area is 125 Å². The standard InChI is InChI=1S/C16H23N3O2/c1-2-19(14-8-6-13(17)7-9-14)16(21)12-5-3-4-11(10-12)15(18)20/h3-5,10,13-14H,2,6-9,17H2,1H3,(H2,18,20). The predicted octanol–water partition coefficient (Wildman–Crippen LogP) is 1.52. The molecule has 1 aliphatic carbocycles. The van der Waals surface area contributed by atoms with Gasteiger partial charge in [0.1, 0.15) is 0 Å². The molecule has 5 heteroatoms. The molecule has 0 aromatic heterocycles. The largest absolute Gasteiger partial charge is 0.366 e. The van der Waals surface area contributed by atoms with Gasteiger partial charge in [0.2, 0.25) is 5.91 Å². The zero-order chi connectivity index (χ0) is 15.4. The molecule has 0 bridgehead atoms. The monoisotopic (exact) mass is 289 g/mol. The van der Waals surface area contributed by atoms with Crippen LogP contribution in [-0.4, -0.2) is 35.3 Å². The molecule has 1 aliphatic rings. The van der Waals surface area contributed by atoms with Crippen molar-refractivity contribution in [3.63, 3.8) is 0 Å². The van der Waals surface area contributed by atoms with Crippen LogP contribution in [0.1, 0.15) is 53.3 Å². The SMILES string of the molecule is CCN(C(=O)c1cccc(C(N)=O)c1)C1CCC(N)CC1. The first-order valence-electron chi connectivity index (χ1n) is 7.49. The highest BCUT2D eigenvalue weighted by Crippen LogP contribution is 2.23. The van der Waals surface area contributed by atoms with Crippen molar-refractivity contribution in [2.75, 3.05) is 6.54 Å². The maximum atomic E-state index is 12.7. The highest BCUT2D eigenvalue weighted by atomic mass is 16.2. The summed E-state index contributed by atoms with van der Waals surface area (Å²) in [4.78, 5) is 25.8. The lowest BCUT2D eigenvalue weighted by atomic mass is 9.90. The van der Waals surface area contributed by atoms with Crippen molar-refractivity contribution in [1.29, 1.82) is 0 Å². The van der Waals surface area contributed by atoms with Gasteiger partial charge in [0.05, 0.1) is 0 Å². The molecule has 0 radical (unpaired) electrons. The lowest BCUT2D eigenvalue weighted by Gasteiger charge is -2.35. The van der Waals surface area contributed by atoms with Crippen molar-refractivity contribution in [2.24, 2.45) is 11.5 Å². The Bertz CT molecular complexity index is 522. The van der Waals surface area contributed by atoms with Gasteiger partial charge < -0.3 is 16.4 Å². The molecule has 1 aromatic rings. The third-order valence-electron chi connectivity index (χ3n) is 4.18. The summed E-state index contributed by atoms with van der Waals surface area (Å²) in [5.41, 5.74) is 12.1. The molecule has 0 unspecified atom stereocenters. The second kappa shape index (κ2) is 6.72. The minimum absolute atomic E-state index is 0.0407. The summed E-state index contributed by atoms with van der Waals surface area (Å²) < 4.78 is 0. The molecule has 0 atom stereocenters. The number of amides is 2. The van der Waals surface area contributed by atoms with Gasteiger partial charge in [0, 0.05) is 29.8 Å². The second-order valence-electron chi connectivity index (χ2n) is 5.60. The maximum Gasteiger partial charge on any atom is 0.254 e. The van der Waals surface area contributed by atoms with E-state index in [-0.39, 0.29) is 18.0 Å². The smallest absolute Gasteiger partial charge is 0.254 e. The van der Waals surface area contributed by atoms with Gasteiger partial charge in [-0.25, -0.2) is 0 Å². The third-order valence-corrected chi connectivity index (χ3v) is 4.18. The Balaban J connectivity index is 2.16. The summed E-state index contributed by atoms with van der Waals surface area (Å²) in [7, 11) is 0. The van der Waals surface area contributed by atoms with E-state index < -0.39 is 5.91 Å². The fourth-order valence-electron chi connectivity index (χ4n) is 2.95. The molecule has 0 spiro atoms. The number of nitrogens with zero attached hydrogens (tertiary/aromatic N) is 1. The van der Waals surface area contributed by atoms with Gasteiger partial charge in [-0.3, -0.25) is 9.59 Å². The maximum absolute atomic E-state index is 12.7. The Hall–Kier alpha value is -1.88. The average Bonchev–Trinajstić information content (AvgIpc) is 2.50. The molecular weight excluding hydrogens is 266 g/mol. The number of nitrogens with two attached hydrogens (primary N) is 2. The van der Waals surface area contributed by atoms with Gasteiger partial charge in [-0.05, 0) is 50.8 Å². The van der Waals surface area contributed by atoms with E-state index in [1.54, 1.807) is 24.3 Å². The summed E-state index contributed by atoms with van der Waals surface area (Å²) in [6.45, 7) is 2.63. The third kappa shape index (κ3) is 3.61. The van der Waals surface area contributed by atoms with Gasteiger partial charge in [-0.15, -0.1) is 0 Å². The first-order chi connectivity index (χ1) is 10.0. The quantitative estimate of drug-likeness (QED) is 0.880. The van der Waals surface area contributed by atoms with Crippen LogP contribution in [0, 0.1) is 0 Å². The first kappa shape index (κ1) is 15.5. The van der Waals surface area contributed by atoms with Gasteiger partial charge >= 0.3 is 0 Å². The van der Waals surface area contributed by atoms with Crippen molar-refractivity contribution >= 4 is 11.8 Å². The van der Waals surface area contributed by atoms with Gasteiger partial charge in [-0.2, -0.15) is 0 Å². The molecule has 4 N–H and O–H groups in total. The number of carbonyl (C=O) groups excluding carboxylic acids is 2. The molecular formula is C16H23N3O2. The van der Waals surface area contributed by atoms with E-state index in [4.69, 9.17) is 11.5 Å².